The van der Waals surface area contributed by atoms with Gasteiger partial charge in [0, 0.05) is 0 Å². The topological polar surface area (TPSA) is 135 Å². The van der Waals surface area contributed by atoms with Crippen molar-refractivity contribution in [1.82, 2.24) is 5.32 Å². The zero-order valence-corrected chi connectivity index (χ0v) is 18.1. The van der Waals surface area contributed by atoms with E-state index in [9.17, 15) is 23.6 Å². The summed E-state index contributed by atoms with van der Waals surface area (Å²) in [4.78, 5) is 49.1. The number of amides is 4. The second-order valence-electron chi connectivity index (χ2n) is 7.21. The standard InChI is InChI=1S/C24H17FN2O8/c1-33-20-10-13(5-7-18(20)34-12-16-6-8-19(35-16)23(30)31)9-17-21(28)26-24(32)27(22(17)29)15-4-2-3-14(25)11-15/h2-11H,12H2,1H3,(H,30,31)(H,26,28,32). The molecule has 35 heavy (non-hydrogen) atoms. The van der Waals surface area contributed by atoms with E-state index in [4.69, 9.17) is 19.0 Å². The van der Waals surface area contributed by atoms with Crippen LogP contribution in [0.3, 0.4) is 0 Å². The SMILES string of the molecule is COc1cc(C=C2C(=O)NC(=O)N(c3cccc(F)c3)C2=O)ccc1OCc1ccc(C(=O)O)o1. The third-order valence-corrected chi connectivity index (χ3v) is 4.91. The van der Waals surface area contributed by atoms with Crippen LogP contribution in [0.15, 0.2) is 64.6 Å². The molecule has 0 bridgehead atoms. The fourth-order valence-corrected chi connectivity index (χ4v) is 3.29. The van der Waals surface area contributed by atoms with Gasteiger partial charge in [0.25, 0.3) is 11.8 Å². The summed E-state index contributed by atoms with van der Waals surface area (Å²) in [6.45, 7) is -0.0737. The molecular formula is C24H17FN2O8. The van der Waals surface area contributed by atoms with Crippen molar-refractivity contribution in [1.29, 1.82) is 0 Å². The molecule has 10 nitrogen and oxygen atoms in total. The quantitative estimate of drug-likeness (QED) is 0.388. The van der Waals surface area contributed by atoms with Crippen LogP contribution in [0.5, 0.6) is 11.5 Å². The first-order chi connectivity index (χ1) is 16.8. The summed E-state index contributed by atoms with van der Waals surface area (Å²) in [6, 6.07) is 11.2. The highest BCUT2D eigenvalue weighted by Crippen LogP contribution is 2.31. The van der Waals surface area contributed by atoms with E-state index < -0.39 is 29.6 Å². The van der Waals surface area contributed by atoms with E-state index in [1.807, 2.05) is 0 Å². The van der Waals surface area contributed by atoms with E-state index in [0.717, 1.165) is 12.1 Å². The molecule has 1 aliphatic rings. The Bertz CT molecular complexity index is 1380. The van der Waals surface area contributed by atoms with Crippen LogP contribution in [0, 0.1) is 5.82 Å². The minimum absolute atomic E-state index is 0.0313. The van der Waals surface area contributed by atoms with Crippen LogP contribution in [0.25, 0.3) is 6.08 Å². The first-order valence-electron chi connectivity index (χ1n) is 10.1. The highest BCUT2D eigenvalue weighted by Gasteiger charge is 2.37. The van der Waals surface area contributed by atoms with Crippen LogP contribution >= 0.6 is 0 Å². The zero-order valence-electron chi connectivity index (χ0n) is 18.1. The molecule has 4 amide bonds. The molecule has 0 saturated carbocycles. The van der Waals surface area contributed by atoms with Crippen LogP contribution in [-0.4, -0.2) is 36.0 Å². The Morgan fingerprint density at radius 1 is 1.11 bits per heavy atom. The summed E-state index contributed by atoms with van der Waals surface area (Å²) in [5.41, 5.74) is 0.00461. The molecule has 1 saturated heterocycles. The number of carboxylic acids is 1. The van der Waals surface area contributed by atoms with Crippen LogP contribution in [-0.2, 0) is 16.2 Å². The van der Waals surface area contributed by atoms with Crippen molar-refractivity contribution >= 4 is 35.6 Å². The number of hydrogen-bond acceptors (Lipinski definition) is 7. The Kier molecular flexibility index (Phi) is 6.32. The van der Waals surface area contributed by atoms with Crippen LogP contribution in [0.2, 0.25) is 0 Å². The number of nitrogens with one attached hydrogen (secondary N) is 1. The molecule has 0 aliphatic carbocycles. The number of nitrogens with zero attached hydrogens (tertiary/aromatic N) is 1. The number of carbonyl (C=O) groups is 4. The molecule has 2 N–H and O–H groups in total. The van der Waals surface area contributed by atoms with E-state index >= 15 is 0 Å². The van der Waals surface area contributed by atoms with Gasteiger partial charge >= 0.3 is 12.0 Å². The number of carboxylic acid groups (broad SMARTS) is 1. The lowest BCUT2D eigenvalue weighted by molar-refractivity contribution is -0.122. The van der Waals surface area contributed by atoms with Crippen LogP contribution in [0.4, 0.5) is 14.9 Å². The molecule has 1 fully saturated rings. The molecule has 2 heterocycles. The third-order valence-electron chi connectivity index (χ3n) is 4.91. The molecule has 4 rings (SSSR count). The molecule has 178 valence electrons. The fourth-order valence-electron chi connectivity index (χ4n) is 3.29. The van der Waals surface area contributed by atoms with E-state index in [2.05, 4.69) is 5.32 Å². The van der Waals surface area contributed by atoms with Gasteiger partial charge in [-0.1, -0.05) is 12.1 Å². The summed E-state index contributed by atoms with van der Waals surface area (Å²) < 4.78 is 29.7. The number of furan rings is 1. The average Bonchev–Trinajstić information content (AvgIpc) is 3.30. The summed E-state index contributed by atoms with van der Waals surface area (Å²) in [5.74, 6) is -3.08. The number of methoxy groups -OCH3 is 1. The predicted octanol–water partition coefficient (Wildman–Crippen LogP) is 3.37. The van der Waals surface area contributed by atoms with E-state index in [1.54, 1.807) is 6.07 Å². The lowest BCUT2D eigenvalue weighted by atomic mass is 10.1. The number of rotatable bonds is 7. The van der Waals surface area contributed by atoms with E-state index in [1.165, 1.54) is 49.6 Å². The lowest BCUT2D eigenvalue weighted by Gasteiger charge is -2.26. The maximum atomic E-state index is 13.6. The Morgan fingerprint density at radius 2 is 1.91 bits per heavy atom. The highest BCUT2D eigenvalue weighted by atomic mass is 19.1. The zero-order chi connectivity index (χ0) is 25.1. The van der Waals surface area contributed by atoms with Gasteiger partial charge in [0.1, 0.15) is 23.8 Å². The Labute approximate surface area is 197 Å². The Balaban J connectivity index is 1.57. The number of halogens is 1. The van der Waals surface area contributed by atoms with Gasteiger partial charge in [-0.15, -0.1) is 0 Å². The monoisotopic (exact) mass is 480 g/mol. The van der Waals surface area contributed by atoms with E-state index in [0.29, 0.717) is 16.2 Å². The van der Waals surface area contributed by atoms with Crippen molar-refractivity contribution in [3.05, 3.63) is 83.1 Å². The minimum atomic E-state index is -1.20. The third kappa shape index (κ3) is 4.88. The first kappa shape index (κ1) is 23.2. The molecule has 3 aromatic rings. The van der Waals surface area contributed by atoms with Gasteiger partial charge in [0.2, 0.25) is 5.76 Å². The smallest absolute Gasteiger partial charge is 0.371 e. The molecule has 0 atom stereocenters. The number of barbiturate groups is 1. The number of anilines is 1. The number of imide groups is 2. The number of carbonyl (C=O) groups excluding carboxylic acids is 3. The van der Waals surface area contributed by atoms with Gasteiger partial charge in [-0.05, 0) is 54.1 Å². The average molecular weight is 480 g/mol. The number of aromatic carboxylic acids is 1. The van der Waals surface area contributed by atoms with Gasteiger partial charge in [0.05, 0.1) is 12.8 Å². The van der Waals surface area contributed by atoms with Crippen molar-refractivity contribution in [3.63, 3.8) is 0 Å². The first-order valence-corrected chi connectivity index (χ1v) is 10.1. The van der Waals surface area contributed by atoms with Gasteiger partial charge in [-0.3, -0.25) is 14.9 Å². The van der Waals surface area contributed by atoms with Crippen LogP contribution in [0.1, 0.15) is 21.9 Å². The normalized spacial score (nSPS) is 14.7. The number of ether oxygens (including phenoxy) is 2. The van der Waals surface area contributed by atoms with Crippen molar-refractivity contribution in [2.45, 2.75) is 6.61 Å². The molecule has 0 radical (unpaired) electrons. The molecule has 1 aliphatic heterocycles. The Morgan fingerprint density at radius 3 is 2.60 bits per heavy atom. The van der Waals surface area contributed by atoms with Gasteiger partial charge < -0.3 is 19.0 Å². The van der Waals surface area contributed by atoms with Crippen molar-refractivity contribution < 1.29 is 42.6 Å². The fraction of sp³-hybridized carbons (Fsp3) is 0.0833. The predicted molar refractivity (Wildman–Crippen MR) is 118 cm³/mol. The summed E-state index contributed by atoms with van der Waals surface area (Å²) >= 11 is 0. The molecule has 11 heteroatoms. The molecule has 1 aromatic heterocycles. The second-order valence-corrected chi connectivity index (χ2v) is 7.21. The summed E-state index contributed by atoms with van der Waals surface area (Å²) in [7, 11) is 1.39. The summed E-state index contributed by atoms with van der Waals surface area (Å²) in [5, 5.41) is 11.0. The lowest BCUT2D eigenvalue weighted by Crippen LogP contribution is -2.54. The molecule has 0 unspecified atom stereocenters. The second kappa shape index (κ2) is 9.51. The van der Waals surface area contributed by atoms with Gasteiger partial charge in [-0.25, -0.2) is 18.9 Å². The number of benzene rings is 2. The molecule has 0 spiro atoms. The van der Waals surface area contributed by atoms with Gasteiger partial charge in [0.15, 0.2) is 11.5 Å². The maximum Gasteiger partial charge on any atom is 0.371 e. The molecular weight excluding hydrogens is 463 g/mol. The van der Waals surface area contributed by atoms with E-state index in [-0.39, 0.29) is 35.1 Å². The minimum Gasteiger partial charge on any atom is -0.493 e. The largest absolute Gasteiger partial charge is 0.493 e. The van der Waals surface area contributed by atoms with Crippen molar-refractivity contribution in [2.75, 3.05) is 12.0 Å². The highest BCUT2D eigenvalue weighted by molar-refractivity contribution is 6.39. The summed E-state index contributed by atoms with van der Waals surface area (Å²) in [6.07, 6.45) is 1.26. The number of urea groups is 1. The maximum absolute atomic E-state index is 13.6. The Hall–Kier alpha value is -4.93. The number of hydrogen-bond donors (Lipinski definition) is 2. The van der Waals surface area contributed by atoms with Crippen LogP contribution < -0.4 is 19.7 Å². The van der Waals surface area contributed by atoms with Crippen molar-refractivity contribution in [3.8, 4) is 11.5 Å². The molecule has 2 aromatic carbocycles. The van der Waals surface area contributed by atoms with Crippen molar-refractivity contribution in [2.24, 2.45) is 0 Å². The van der Waals surface area contributed by atoms with Gasteiger partial charge in [-0.2, -0.15) is 0 Å².